The van der Waals surface area contributed by atoms with E-state index in [0.717, 1.165) is 5.75 Å². The normalized spacial score (nSPS) is 11.5. The maximum Gasteiger partial charge on any atom is 0.322 e. The first kappa shape index (κ1) is 18.5. The molecule has 0 aliphatic rings. The van der Waals surface area contributed by atoms with Gasteiger partial charge in [0.15, 0.2) is 0 Å². The number of anilines is 1. The summed E-state index contributed by atoms with van der Waals surface area (Å²) < 4.78 is 16.0. The zero-order valence-electron chi connectivity index (χ0n) is 14.9. The van der Waals surface area contributed by atoms with E-state index in [4.69, 9.17) is 14.2 Å². The fourth-order valence-corrected chi connectivity index (χ4v) is 2.08. The Hall–Kier alpha value is -2.80. The zero-order chi connectivity index (χ0) is 18.2. The Morgan fingerprint density at radius 2 is 1.88 bits per heavy atom. The minimum atomic E-state index is -0.267. The van der Waals surface area contributed by atoms with Crippen LogP contribution in [0.4, 0.5) is 10.5 Å². The lowest BCUT2D eigenvalue weighted by atomic mass is 10.3. The molecule has 7 heteroatoms. The highest BCUT2D eigenvalue weighted by Gasteiger charge is 2.17. The molecule has 0 aliphatic heterocycles. The number of hydrogen-bond donors (Lipinski definition) is 1. The van der Waals surface area contributed by atoms with Crippen molar-refractivity contribution in [3.05, 3.63) is 42.6 Å². The SMILES string of the molecule is COC[C@@H](C)N(C)C(=O)Nc1cccnc1Oc1ccc(OC)cc1. The molecule has 0 unspecified atom stereocenters. The van der Waals surface area contributed by atoms with Crippen LogP contribution in [-0.2, 0) is 4.74 Å². The van der Waals surface area contributed by atoms with E-state index in [-0.39, 0.29) is 12.1 Å². The van der Waals surface area contributed by atoms with E-state index >= 15 is 0 Å². The summed E-state index contributed by atoms with van der Waals surface area (Å²) in [6.45, 7) is 2.35. The van der Waals surface area contributed by atoms with Crippen LogP contribution in [0.15, 0.2) is 42.6 Å². The van der Waals surface area contributed by atoms with Crippen molar-refractivity contribution in [2.75, 3.05) is 33.2 Å². The summed E-state index contributed by atoms with van der Waals surface area (Å²) >= 11 is 0. The van der Waals surface area contributed by atoms with Crippen LogP contribution in [0.5, 0.6) is 17.4 Å². The molecular formula is C18H23N3O4. The molecule has 1 aromatic carbocycles. The fourth-order valence-electron chi connectivity index (χ4n) is 2.08. The average molecular weight is 345 g/mol. The van der Waals surface area contributed by atoms with Gasteiger partial charge in [0.2, 0.25) is 5.88 Å². The molecule has 0 fully saturated rings. The van der Waals surface area contributed by atoms with E-state index < -0.39 is 0 Å². The number of pyridine rings is 1. The highest BCUT2D eigenvalue weighted by molar-refractivity contribution is 5.90. The summed E-state index contributed by atoms with van der Waals surface area (Å²) in [6, 6.07) is 10.3. The lowest BCUT2D eigenvalue weighted by Crippen LogP contribution is -2.40. The van der Waals surface area contributed by atoms with E-state index in [1.54, 1.807) is 68.8 Å². The number of benzene rings is 1. The van der Waals surface area contributed by atoms with E-state index in [0.29, 0.717) is 23.9 Å². The second kappa shape index (κ2) is 8.89. The minimum Gasteiger partial charge on any atom is -0.497 e. The number of urea groups is 1. The number of ether oxygens (including phenoxy) is 3. The van der Waals surface area contributed by atoms with Crippen molar-refractivity contribution in [2.24, 2.45) is 0 Å². The molecule has 1 aromatic heterocycles. The van der Waals surface area contributed by atoms with Gasteiger partial charge in [-0.15, -0.1) is 0 Å². The van der Waals surface area contributed by atoms with Crippen LogP contribution in [0.1, 0.15) is 6.92 Å². The van der Waals surface area contributed by atoms with Crippen molar-refractivity contribution < 1.29 is 19.0 Å². The van der Waals surface area contributed by atoms with Crippen molar-refractivity contribution in [3.8, 4) is 17.4 Å². The molecule has 0 spiro atoms. The Balaban J connectivity index is 2.10. The standard InChI is InChI=1S/C18H23N3O4/c1-13(12-23-3)21(2)18(22)20-16-6-5-11-19-17(16)25-15-9-7-14(24-4)8-10-15/h5-11,13H,12H2,1-4H3,(H,20,22)/t13-/m1/s1. The Morgan fingerprint density at radius 3 is 2.52 bits per heavy atom. The smallest absolute Gasteiger partial charge is 0.322 e. The van der Waals surface area contributed by atoms with Gasteiger partial charge in [-0.1, -0.05) is 0 Å². The van der Waals surface area contributed by atoms with E-state index in [1.165, 1.54) is 0 Å². The summed E-state index contributed by atoms with van der Waals surface area (Å²) in [5.74, 6) is 1.64. The Labute approximate surface area is 147 Å². The number of likely N-dealkylation sites (N-methyl/N-ethyl adjacent to an activating group) is 1. The number of aromatic nitrogens is 1. The van der Waals surface area contributed by atoms with Crippen LogP contribution in [0.2, 0.25) is 0 Å². The van der Waals surface area contributed by atoms with Gasteiger partial charge in [-0.05, 0) is 43.3 Å². The number of hydrogen-bond acceptors (Lipinski definition) is 5. The van der Waals surface area contributed by atoms with Crippen molar-refractivity contribution in [3.63, 3.8) is 0 Å². The number of rotatable bonds is 7. The number of amides is 2. The predicted octanol–water partition coefficient (Wildman–Crippen LogP) is 3.38. The molecule has 1 heterocycles. The highest BCUT2D eigenvalue weighted by atomic mass is 16.5. The molecule has 25 heavy (non-hydrogen) atoms. The van der Waals surface area contributed by atoms with Gasteiger partial charge in [0, 0.05) is 20.4 Å². The van der Waals surface area contributed by atoms with Crippen LogP contribution < -0.4 is 14.8 Å². The molecule has 0 saturated heterocycles. The number of carbonyl (C=O) groups excluding carboxylic acids is 1. The Morgan fingerprint density at radius 1 is 1.20 bits per heavy atom. The van der Waals surface area contributed by atoms with Gasteiger partial charge in [-0.2, -0.15) is 0 Å². The second-order valence-corrected chi connectivity index (χ2v) is 5.48. The first-order chi connectivity index (χ1) is 12.0. The van der Waals surface area contributed by atoms with Crippen LogP contribution in [0.3, 0.4) is 0 Å². The molecule has 0 radical (unpaired) electrons. The maximum atomic E-state index is 12.4. The maximum absolute atomic E-state index is 12.4. The molecule has 0 aliphatic carbocycles. The van der Waals surface area contributed by atoms with E-state index in [1.807, 2.05) is 6.92 Å². The van der Waals surface area contributed by atoms with Gasteiger partial charge in [0.1, 0.15) is 17.2 Å². The summed E-state index contributed by atoms with van der Waals surface area (Å²) in [4.78, 5) is 18.1. The largest absolute Gasteiger partial charge is 0.497 e. The molecule has 2 amide bonds. The second-order valence-electron chi connectivity index (χ2n) is 5.48. The highest BCUT2D eigenvalue weighted by Crippen LogP contribution is 2.28. The number of methoxy groups -OCH3 is 2. The third-order valence-corrected chi connectivity index (χ3v) is 3.68. The van der Waals surface area contributed by atoms with Crippen LogP contribution in [0.25, 0.3) is 0 Å². The quantitative estimate of drug-likeness (QED) is 0.833. The summed E-state index contributed by atoms with van der Waals surface area (Å²) in [5.41, 5.74) is 0.486. The summed E-state index contributed by atoms with van der Waals surface area (Å²) in [5, 5.41) is 2.81. The lowest BCUT2D eigenvalue weighted by Gasteiger charge is -2.24. The molecule has 0 bridgehead atoms. The molecular weight excluding hydrogens is 322 g/mol. The molecule has 0 saturated carbocycles. The zero-order valence-corrected chi connectivity index (χ0v) is 14.9. The molecule has 1 atom stereocenters. The third kappa shape index (κ3) is 5.09. The fraction of sp³-hybridized carbons (Fsp3) is 0.333. The molecule has 7 nitrogen and oxygen atoms in total. The van der Waals surface area contributed by atoms with Gasteiger partial charge >= 0.3 is 6.03 Å². The monoisotopic (exact) mass is 345 g/mol. The summed E-state index contributed by atoms with van der Waals surface area (Å²) in [6.07, 6.45) is 1.60. The first-order valence-corrected chi connectivity index (χ1v) is 7.84. The minimum absolute atomic E-state index is 0.0624. The van der Waals surface area contributed by atoms with Crippen molar-refractivity contribution in [1.82, 2.24) is 9.88 Å². The van der Waals surface area contributed by atoms with Gasteiger partial charge in [0.05, 0.1) is 19.8 Å². The predicted molar refractivity (Wildman–Crippen MR) is 95.4 cm³/mol. The summed E-state index contributed by atoms with van der Waals surface area (Å²) in [7, 11) is 4.91. The molecule has 2 rings (SSSR count). The van der Waals surface area contributed by atoms with Crippen molar-refractivity contribution >= 4 is 11.7 Å². The van der Waals surface area contributed by atoms with Crippen molar-refractivity contribution in [2.45, 2.75) is 13.0 Å². The van der Waals surface area contributed by atoms with Crippen molar-refractivity contribution in [1.29, 1.82) is 0 Å². The van der Waals surface area contributed by atoms with Gasteiger partial charge < -0.3 is 24.4 Å². The van der Waals surface area contributed by atoms with Crippen LogP contribution in [-0.4, -0.2) is 49.8 Å². The Bertz CT molecular complexity index is 691. The number of nitrogens with zero attached hydrogens (tertiary/aromatic N) is 2. The number of nitrogens with one attached hydrogen (secondary N) is 1. The topological polar surface area (TPSA) is 72.9 Å². The van der Waals surface area contributed by atoms with Gasteiger partial charge in [-0.25, -0.2) is 9.78 Å². The molecule has 2 aromatic rings. The van der Waals surface area contributed by atoms with Gasteiger partial charge in [-0.3, -0.25) is 0 Å². The van der Waals surface area contributed by atoms with Crippen LogP contribution in [0, 0.1) is 0 Å². The molecule has 1 N–H and O–H groups in total. The third-order valence-electron chi connectivity index (χ3n) is 3.68. The van der Waals surface area contributed by atoms with E-state index in [9.17, 15) is 4.79 Å². The average Bonchev–Trinajstić information content (AvgIpc) is 2.63. The van der Waals surface area contributed by atoms with E-state index in [2.05, 4.69) is 10.3 Å². The van der Waals surface area contributed by atoms with Crippen LogP contribution >= 0.6 is 0 Å². The number of carbonyl (C=O) groups is 1. The van der Waals surface area contributed by atoms with Gasteiger partial charge in [0.25, 0.3) is 0 Å². The lowest BCUT2D eigenvalue weighted by molar-refractivity contribution is 0.128. The first-order valence-electron chi connectivity index (χ1n) is 7.84. The molecule has 134 valence electrons. The Kier molecular flexibility index (Phi) is 6.59.